The van der Waals surface area contributed by atoms with Gasteiger partial charge in [-0.25, -0.2) is 0 Å². The summed E-state index contributed by atoms with van der Waals surface area (Å²) >= 11 is 3.51. The smallest absolute Gasteiger partial charge is 0.261 e. The van der Waals surface area contributed by atoms with Crippen molar-refractivity contribution < 1.29 is 9.59 Å². The van der Waals surface area contributed by atoms with Crippen LogP contribution in [0.2, 0.25) is 0 Å². The highest BCUT2D eigenvalue weighted by Crippen LogP contribution is 2.71. The highest BCUT2D eigenvalue weighted by atomic mass is 79.9. The zero-order valence-electron chi connectivity index (χ0n) is 13.6. The van der Waals surface area contributed by atoms with Gasteiger partial charge in [0.1, 0.15) is 0 Å². The standard InChI is InChI=1S/C17H14BrN3O2S2/c1-15-13(22)21-12-11-5-10(18)4-3-9(11)6-16(12,8-19)7-17(21,25-24-15)14(23)20(15)2/h3-5,12H,6-7H2,1-2H3/t12-,15-,16+,17-/m0/s1. The lowest BCUT2D eigenvalue weighted by Crippen LogP contribution is -2.73. The normalized spacial score (nSPS) is 40.8. The van der Waals surface area contributed by atoms with Crippen LogP contribution in [0.4, 0.5) is 0 Å². The van der Waals surface area contributed by atoms with E-state index in [0.29, 0.717) is 12.8 Å². The Balaban J connectivity index is 1.77. The van der Waals surface area contributed by atoms with E-state index in [1.54, 1.807) is 23.8 Å². The maximum absolute atomic E-state index is 13.4. The summed E-state index contributed by atoms with van der Waals surface area (Å²) < 4.78 is 0.923. The highest BCUT2D eigenvalue weighted by molar-refractivity contribution is 9.10. The number of carbonyl (C=O) groups excluding carboxylic acids is 2. The molecule has 2 bridgehead atoms. The van der Waals surface area contributed by atoms with Crippen LogP contribution in [0.25, 0.3) is 0 Å². The monoisotopic (exact) mass is 435 g/mol. The minimum absolute atomic E-state index is 0.0566. The first-order valence-corrected chi connectivity index (χ1v) is 10.9. The van der Waals surface area contributed by atoms with E-state index >= 15 is 0 Å². The maximum atomic E-state index is 13.4. The van der Waals surface area contributed by atoms with Crippen molar-refractivity contribution in [2.75, 3.05) is 7.05 Å². The Morgan fingerprint density at radius 3 is 2.80 bits per heavy atom. The van der Waals surface area contributed by atoms with E-state index in [9.17, 15) is 14.9 Å². The van der Waals surface area contributed by atoms with Gasteiger partial charge in [0.05, 0.1) is 17.5 Å². The van der Waals surface area contributed by atoms with Gasteiger partial charge in [-0.15, -0.1) is 0 Å². The number of halogens is 1. The number of hydrogen-bond donors (Lipinski definition) is 0. The summed E-state index contributed by atoms with van der Waals surface area (Å²) in [5.74, 6) is -0.118. The Kier molecular flexibility index (Phi) is 2.93. The first kappa shape index (κ1) is 16.0. The molecule has 1 aliphatic carbocycles. The summed E-state index contributed by atoms with van der Waals surface area (Å²) in [6, 6.07) is 8.14. The molecule has 0 radical (unpaired) electrons. The van der Waals surface area contributed by atoms with Crippen molar-refractivity contribution in [1.29, 1.82) is 5.26 Å². The predicted octanol–water partition coefficient (Wildman–Crippen LogP) is 3.07. The SMILES string of the molecule is CN1C(=O)[C@@]23C[C@@]4(C#N)Cc5ccc(Br)cc5[C@@H]4N2C(=O)[C@]1(C)SS3. The zero-order valence-corrected chi connectivity index (χ0v) is 16.8. The van der Waals surface area contributed by atoms with E-state index in [2.05, 4.69) is 22.0 Å². The van der Waals surface area contributed by atoms with Crippen LogP contribution in [0, 0.1) is 16.7 Å². The molecular weight excluding hydrogens is 422 g/mol. The second-order valence-electron chi connectivity index (χ2n) is 7.34. The van der Waals surface area contributed by atoms with Gasteiger partial charge in [0.25, 0.3) is 11.8 Å². The molecule has 4 aliphatic heterocycles. The van der Waals surface area contributed by atoms with E-state index in [1.807, 2.05) is 18.2 Å². The average Bonchev–Trinajstić information content (AvgIpc) is 3.05. The van der Waals surface area contributed by atoms with Gasteiger partial charge in [0.15, 0.2) is 9.74 Å². The van der Waals surface area contributed by atoms with Crippen LogP contribution >= 0.6 is 37.5 Å². The third-order valence-corrected chi connectivity index (χ3v) is 10.3. The number of nitrogens with zero attached hydrogens (tertiary/aromatic N) is 3. The summed E-state index contributed by atoms with van der Waals surface area (Å²) in [6.07, 6.45) is 0.970. The van der Waals surface area contributed by atoms with Crippen LogP contribution in [0.15, 0.2) is 22.7 Å². The number of hydrogen-bond acceptors (Lipinski definition) is 5. The van der Waals surface area contributed by atoms with Crippen LogP contribution in [0.1, 0.15) is 30.5 Å². The molecule has 5 aliphatic rings. The number of fused-ring (bicyclic) bond motifs is 5. The van der Waals surface area contributed by atoms with E-state index in [-0.39, 0.29) is 17.9 Å². The van der Waals surface area contributed by atoms with Gasteiger partial charge >= 0.3 is 0 Å². The van der Waals surface area contributed by atoms with Crippen LogP contribution < -0.4 is 0 Å². The third kappa shape index (κ3) is 1.59. The molecule has 2 amide bonds. The van der Waals surface area contributed by atoms with Crippen molar-refractivity contribution in [1.82, 2.24) is 9.80 Å². The molecule has 5 nitrogen and oxygen atoms in total. The first-order chi connectivity index (χ1) is 11.8. The zero-order chi connectivity index (χ0) is 17.8. The summed E-state index contributed by atoms with van der Waals surface area (Å²) in [4.78, 5) is 28.0. The molecule has 128 valence electrons. The molecule has 25 heavy (non-hydrogen) atoms. The second-order valence-corrected chi connectivity index (χ2v) is 11.1. The number of nitriles is 1. The molecule has 4 fully saturated rings. The van der Waals surface area contributed by atoms with Gasteiger partial charge in [-0.1, -0.05) is 43.6 Å². The first-order valence-electron chi connectivity index (χ1n) is 7.98. The summed E-state index contributed by atoms with van der Waals surface area (Å²) in [6.45, 7) is 1.80. The van der Waals surface area contributed by atoms with Crippen molar-refractivity contribution in [3.05, 3.63) is 33.8 Å². The number of rotatable bonds is 0. The topological polar surface area (TPSA) is 64.4 Å². The number of likely N-dealkylation sites (N-methyl/N-ethyl adjacent to an activating group) is 1. The fraction of sp³-hybridized carbons (Fsp3) is 0.471. The van der Waals surface area contributed by atoms with Crippen LogP contribution in [-0.2, 0) is 16.0 Å². The van der Waals surface area contributed by atoms with E-state index in [0.717, 1.165) is 15.6 Å². The van der Waals surface area contributed by atoms with Gasteiger partial charge in [0.2, 0.25) is 0 Å². The van der Waals surface area contributed by atoms with Gasteiger partial charge in [-0.3, -0.25) is 9.59 Å². The van der Waals surface area contributed by atoms with E-state index in [4.69, 9.17) is 0 Å². The number of carbonyl (C=O) groups is 2. The summed E-state index contributed by atoms with van der Waals surface area (Å²) in [7, 11) is 4.61. The van der Waals surface area contributed by atoms with Crippen molar-refractivity contribution in [2.24, 2.45) is 5.41 Å². The Labute approximate surface area is 161 Å². The molecule has 0 aromatic heterocycles. The Bertz CT molecular complexity index is 918. The summed E-state index contributed by atoms with van der Waals surface area (Å²) in [5, 5.41) is 10.1. The number of amides is 2. The quantitative estimate of drug-likeness (QED) is 0.585. The molecule has 0 N–H and O–H groups in total. The lowest BCUT2D eigenvalue weighted by molar-refractivity contribution is -0.164. The molecule has 1 spiro atoms. The molecule has 6 rings (SSSR count). The van der Waals surface area contributed by atoms with Gasteiger partial charge in [-0.05, 0) is 36.6 Å². The average molecular weight is 436 g/mol. The van der Waals surface area contributed by atoms with Crippen molar-refractivity contribution in [3.8, 4) is 6.07 Å². The van der Waals surface area contributed by atoms with Gasteiger partial charge in [-0.2, -0.15) is 5.26 Å². The predicted molar refractivity (Wildman–Crippen MR) is 99.2 cm³/mol. The lowest BCUT2D eigenvalue weighted by Gasteiger charge is -2.57. The minimum Gasteiger partial charge on any atom is -0.319 e. The lowest BCUT2D eigenvalue weighted by atomic mass is 9.81. The second kappa shape index (κ2) is 4.56. The molecule has 0 unspecified atom stereocenters. The van der Waals surface area contributed by atoms with Crippen LogP contribution in [-0.4, -0.2) is 38.4 Å². The fourth-order valence-electron chi connectivity index (χ4n) is 4.75. The number of piperazine rings is 1. The fourth-order valence-corrected chi connectivity index (χ4v) is 8.67. The van der Waals surface area contributed by atoms with E-state index < -0.39 is 15.2 Å². The highest BCUT2D eigenvalue weighted by Gasteiger charge is 2.76. The number of benzene rings is 1. The van der Waals surface area contributed by atoms with Crippen molar-refractivity contribution in [3.63, 3.8) is 0 Å². The van der Waals surface area contributed by atoms with Gasteiger partial charge in [0, 0.05) is 17.9 Å². The molecule has 4 saturated heterocycles. The molecule has 1 aromatic carbocycles. The maximum Gasteiger partial charge on any atom is 0.261 e. The molecular formula is C17H14BrN3O2S2. The van der Waals surface area contributed by atoms with Crippen molar-refractivity contribution in [2.45, 2.75) is 35.5 Å². The van der Waals surface area contributed by atoms with Gasteiger partial charge < -0.3 is 9.80 Å². The summed E-state index contributed by atoms with van der Waals surface area (Å²) in [5.41, 5.74) is 1.36. The minimum atomic E-state index is -0.964. The van der Waals surface area contributed by atoms with Crippen molar-refractivity contribution >= 4 is 49.3 Å². The molecule has 0 saturated carbocycles. The molecule has 8 heteroatoms. The van der Waals surface area contributed by atoms with Crippen LogP contribution in [0.3, 0.4) is 0 Å². The Morgan fingerprint density at radius 2 is 2.08 bits per heavy atom. The largest absolute Gasteiger partial charge is 0.319 e. The Hall–Kier alpha value is -1.17. The molecule has 4 atom stereocenters. The Morgan fingerprint density at radius 1 is 1.32 bits per heavy atom. The third-order valence-electron chi connectivity index (χ3n) is 6.09. The molecule has 1 aromatic rings. The molecule has 4 heterocycles. The van der Waals surface area contributed by atoms with E-state index in [1.165, 1.54) is 21.6 Å². The van der Waals surface area contributed by atoms with Crippen LogP contribution in [0.5, 0.6) is 0 Å².